The molecule has 0 radical (unpaired) electrons. The Balaban J connectivity index is 2.46. The van der Waals surface area contributed by atoms with Gasteiger partial charge in [0.1, 0.15) is 0 Å². The topological polar surface area (TPSA) is 43.1 Å². The summed E-state index contributed by atoms with van der Waals surface area (Å²) >= 11 is 1.66. The Labute approximate surface area is 102 Å². The number of carbonyl (C=O) groups is 1. The Hall–Kier alpha value is -0.960. The molecule has 1 rings (SSSR count). The van der Waals surface area contributed by atoms with Gasteiger partial charge < -0.3 is 5.73 Å². The molecule has 2 atom stereocenters. The molecular weight excluding hydrogens is 218 g/mol. The molecule has 0 fully saturated rings. The number of hydrogen-bond donors (Lipinski definition) is 1. The third-order valence-corrected chi connectivity index (χ3v) is 4.26. The zero-order valence-electron chi connectivity index (χ0n) is 9.85. The minimum absolute atomic E-state index is 0.0498. The fourth-order valence-corrected chi connectivity index (χ4v) is 2.65. The average molecular weight is 237 g/mol. The van der Waals surface area contributed by atoms with Crippen LogP contribution in [0.15, 0.2) is 30.3 Å². The van der Waals surface area contributed by atoms with Gasteiger partial charge in [0, 0.05) is 5.75 Å². The molecule has 1 aromatic rings. The number of rotatable bonds is 6. The van der Waals surface area contributed by atoms with Crippen molar-refractivity contribution in [3.63, 3.8) is 0 Å². The van der Waals surface area contributed by atoms with Crippen molar-refractivity contribution in [3.05, 3.63) is 35.9 Å². The summed E-state index contributed by atoms with van der Waals surface area (Å²) in [5.74, 6) is 1.19. The number of amides is 1. The van der Waals surface area contributed by atoms with E-state index >= 15 is 0 Å². The molecule has 0 saturated heterocycles. The van der Waals surface area contributed by atoms with E-state index in [-0.39, 0.29) is 11.2 Å². The molecule has 0 heterocycles. The lowest BCUT2D eigenvalue weighted by Crippen LogP contribution is -2.25. The van der Waals surface area contributed by atoms with E-state index in [0.29, 0.717) is 5.92 Å². The van der Waals surface area contributed by atoms with Crippen molar-refractivity contribution in [1.82, 2.24) is 0 Å². The molecular formula is C13H19NOS. The molecule has 2 N–H and O–H groups in total. The van der Waals surface area contributed by atoms with Gasteiger partial charge in [-0.2, -0.15) is 0 Å². The van der Waals surface area contributed by atoms with E-state index in [4.69, 9.17) is 5.73 Å². The van der Waals surface area contributed by atoms with Crippen molar-refractivity contribution in [1.29, 1.82) is 0 Å². The van der Waals surface area contributed by atoms with Crippen molar-refractivity contribution in [2.75, 3.05) is 5.75 Å². The van der Waals surface area contributed by atoms with E-state index in [1.54, 1.807) is 11.8 Å². The molecule has 2 nitrogen and oxygen atoms in total. The van der Waals surface area contributed by atoms with Gasteiger partial charge in [-0.25, -0.2) is 0 Å². The standard InChI is InChI=1S/C13H19NOS/c1-3-12(13(14)15)16-9-10(2)11-7-5-4-6-8-11/h4-8,10,12H,3,9H2,1-2H3,(H2,14,15)/t10-,12+/m0/s1. The molecule has 0 bridgehead atoms. The van der Waals surface area contributed by atoms with E-state index in [0.717, 1.165) is 12.2 Å². The summed E-state index contributed by atoms with van der Waals surface area (Å²) in [6.07, 6.45) is 0.807. The van der Waals surface area contributed by atoms with Gasteiger partial charge in [0.2, 0.25) is 5.91 Å². The van der Waals surface area contributed by atoms with E-state index in [9.17, 15) is 4.79 Å². The van der Waals surface area contributed by atoms with Gasteiger partial charge in [-0.1, -0.05) is 44.2 Å². The van der Waals surface area contributed by atoms with Gasteiger partial charge in [0.25, 0.3) is 0 Å². The summed E-state index contributed by atoms with van der Waals surface area (Å²) in [5, 5.41) is -0.0498. The predicted molar refractivity (Wildman–Crippen MR) is 70.6 cm³/mol. The van der Waals surface area contributed by atoms with Crippen LogP contribution in [0.1, 0.15) is 31.7 Å². The van der Waals surface area contributed by atoms with Gasteiger partial charge in [-0.3, -0.25) is 4.79 Å². The first-order chi connectivity index (χ1) is 7.65. The van der Waals surface area contributed by atoms with Crippen molar-refractivity contribution < 1.29 is 4.79 Å². The summed E-state index contributed by atoms with van der Waals surface area (Å²) in [7, 11) is 0. The van der Waals surface area contributed by atoms with Crippen LogP contribution in [-0.2, 0) is 4.79 Å². The molecule has 1 amide bonds. The van der Waals surface area contributed by atoms with Crippen LogP contribution in [0.5, 0.6) is 0 Å². The number of nitrogens with two attached hydrogens (primary N) is 1. The van der Waals surface area contributed by atoms with E-state index in [2.05, 4.69) is 19.1 Å². The molecule has 0 aromatic heterocycles. The van der Waals surface area contributed by atoms with Crippen LogP contribution in [-0.4, -0.2) is 16.9 Å². The first-order valence-corrected chi connectivity index (χ1v) is 6.65. The van der Waals surface area contributed by atoms with E-state index < -0.39 is 0 Å². The molecule has 0 aliphatic rings. The first kappa shape index (κ1) is 13.1. The van der Waals surface area contributed by atoms with Crippen LogP contribution in [0.25, 0.3) is 0 Å². The van der Waals surface area contributed by atoms with Gasteiger partial charge in [-0.05, 0) is 17.9 Å². The monoisotopic (exact) mass is 237 g/mol. The van der Waals surface area contributed by atoms with E-state index in [1.165, 1.54) is 5.56 Å². The highest BCUT2D eigenvalue weighted by Gasteiger charge is 2.15. The normalized spacial score (nSPS) is 14.4. The Kier molecular flexibility index (Phi) is 5.39. The predicted octanol–water partition coefficient (Wildman–Crippen LogP) is 2.79. The Morgan fingerprint density at radius 2 is 2.00 bits per heavy atom. The number of hydrogen-bond acceptors (Lipinski definition) is 2. The zero-order chi connectivity index (χ0) is 12.0. The molecule has 16 heavy (non-hydrogen) atoms. The van der Waals surface area contributed by atoms with Crippen LogP contribution in [0, 0.1) is 0 Å². The Bertz CT molecular complexity index is 326. The molecule has 1 aromatic carbocycles. The van der Waals surface area contributed by atoms with Crippen LogP contribution in [0.4, 0.5) is 0 Å². The Morgan fingerprint density at radius 3 is 2.50 bits per heavy atom. The second kappa shape index (κ2) is 6.59. The maximum absolute atomic E-state index is 11.1. The quantitative estimate of drug-likeness (QED) is 0.826. The summed E-state index contributed by atoms with van der Waals surface area (Å²) < 4.78 is 0. The SMILES string of the molecule is CC[C@@H](SC[C@H](C)c1ccccc1)C(N)=O. The highest BCUT2D eigenvalue weighted by atomic mass is 32.2. The van der Waals surface area contributed by atoms with Crippen molar-refractivity contribution in [2.24, 2.45) is 5.73 Å². The third kappa shape index (κ3) is 3.89. The van der Waals surface area contributed by atoms with Crippen LogP contribution < -0.4 is 5.73 Å². The first-order valence-electron chi connectivity index (χ1n) is 5.61. The van der Waals surface area contributed by atoms with Crippen LogP contribution in [0.3, 0.4) is 0 Å². The second-order valence-corrected chi connectivity index (χ2v) is 5.18. The minimum atomic E-state index is -0.201. The number of benzene rings is 1. The minimum Gasteiger partial charge on any atom is -0.369 e. The average Bonchev–Trinajstić information content (AvgIpc) is 2.30. The zero-order valence-corrected chi connectivity index (χ0v) is 10.7. The fourth-order valence-electron chi connectivity index (χ4n) is 1.54. The summed E-state index contributed by atoms with van der Waals surface area (Å²) in [6.45, 7) is 4.17. The third-order valence-electron chi connectivity index (χ3n) is 2.60. The summed E-state index contributed by atoms with van der Waals surface area (Å²) in [4.78, 5) is 11.1. The van der Waals surface area contributed by atoms with Gasteiger partial charge >= 0.3 is 0 Å². The number of primary amides is 1. The van der Waals surface area contributed by atoms with E-state index in [1.807, 2.05) is 25.1 Å². The largest absolute Gasteiger partial charge is 0.369 e. The molecule has 0 aliphatic carbocycles. The van der Waals surface area contributed by atoms with Crippen molar-refractivity contribution in [3.8, 4) is 0 Å². The van der Waals surface area contributed by atoms with Crippen molar-refractivity contribution >= 4 is 17.7 Å². The van der Waals surface area contributed by atoms with Crippen molar-refractivity contribution in [2.45, 2.75) is 31.4 Å². The van der Waals surface area contributed by atoms with Gasteiger partial charge in [0.05, 0.1) is 5.25 Å². The lowest BCUT2D eigenvalue weighted by molar-refractivity contribution is -0.117. The Morgan fingerprint density at radius 1 is 1.38 bits per heavy atom. The molecule has 0 spiro atoms. The molecule has 0 aliphatic heterocycles. The van der Waals surface area contributed by atoms with Crippen LogP contribution in [0.2, 0.25) is 0 Å². The second-order valence-electron chi connectivity index (χ2n) is 3.94. The summed E-state index contributed by atoms with van der Waals surface area (Å²) in [6, 6.07) is 10.3. The summed E-state index contributed by atoms with van der Waals surface area (Å²) in [5.41, 5.74) is 6.63. The smallest absolute Gasteiger partial charge is 0.230 e. The molecule has 3 heteroatoms. The lowest BCUT2D eigenvalue weighted by Gasteiger charge is -2.15. The highest BCUT2D eigenvalue weighted by Crippen LogP contribution is 2.24. The van der Waals surface area contributed by atoms with Gasteiger partial charge in [0.15, 0.2) is 0 Å². The van der Waals surface area contributed by atoms with Gasteiger partial charge in [-0.15, -0.1) is 11.8 Å². The number of carbonyl (C=O) groups excluding carboxylic acids is 1. The fraction of sp³-hybridized carbons (Fsp3) is 0.462. The lowest BCUT2D eigenvalue weighted by atomic mass is 10.0. The van der Waals surface area contributed by atoms with Crippen LogP contribution >= 0.6 is 11.8 Å². The molecule has 0 unspecified atom stereocenters. The number of thioether (sulfide) groups is 1. The maximum atomic E-state index is 11.1. The molecule has 88 valence electrons. The highest BCUT2D eigenvalue weighted by molar-refractivity contribution is 8.00. The maximum Gasteiger partial charge on any atom is 0.230 e. The molecule has 0 saturated carbocycles.